The van der Waals surface area contributed by atoms with Crippen LogP contribution in [0.3, 0.4) is 0 Å². The predicted molar refractivity (Wildman–Crippen MR) is 224 cm³/mol. The molecule has 2 aliphatic carbocycles. The molecule has 0 atom stereocenters. The smallest absolute Gasteiger partial charge is 0.343 e. The van der Waals surface area contributed by atoms with Crippen molar-refractivity contribution in [3.05, 3.63) is 129 Å². The molecule has 0 amide bonds. The van der Waals surface area contributed by atoms with Gasteiger partial charge in [0.1, 0.15) is 58.0 Å². The van der Waals surface area contributed by atoms with Gasteiger partial charge in [-0.15, -0.1) is 23.2 Å². The van der Waals surface area contributed by atoms with Gasteiger partial charge >= 0.3 is 11.9 Å². The molecular weight excluding hydrogens is 819 g/mol. The summed E-state index contributed by atoms with van der Waals surface area (Å²) in [7, 11) is 0. The van der Waals surface area contributed by atoms with Crippen molar-refractivity contribution < 1.29 is 42.1 Å². The van der Waals surface area contributed by atoms with Gasteiger partial charge in [0, 0.05) is 24.3 Å². The van der Waals surface area contributed by atoms with Crippen LogP contribution in [0.4, 0.5) is 17.6 Å². The van der Waals surface area contributed by atoms with Crippen LogP contribution in [-0.4, -0.2) is 27.5 Å². The first kappa shape index (κ1) is 49.3. The van der Waals surface area contributed by atoms with Crippen molar-refractivity contribution >= 4 is 35.1 Å². The summed E-state index contributed by atoms with van der Waals surface area (Å²) >= 11 is 9.53. The van der Waals surface area contributed by atoms with Gasteiger partial charge in [-0.2, -0.15) is 10.5 Å². The molecule has 6 rings (SSSR count). The van der Waals surface area contributed by atoms with E-state index in [1.54, 1.807) is 24.3 Å². The minimum Gasteiger partial charge on any atom is -0.508 e. The second kappa shape index (κ2) is 25.5. The number of benzene rings is 4. The third-order valence-electron chi connectivity index (χ3n) is 10.8. The summed E-state index contributed by atoms with van der Waals surface area (Å²) in [5.41, 5.74) is 1.85. The molecule has 0 heterocycles. The highest BCUT2D eigenvalue weighted by Gasteiger charge is 2.23. The van der Waals surface area contributed by atoms with E-state index in [4.69, 9.17) is 48.7 Å². The number of rotatable bonds is 9. The van der Waals surface area contributed by atoms with Crippen LogP contribution in [0.1, 0.15) is 146 Å². The van der Waals surface area contributed by atoms with Crippen molar-refractivity contribution in [3.63, 3.8) is 0 Å². The summed E-state index contributed by atoms with van der Waals surface area (Å²) in [5, 5.41) is 34.6. The Balaban J connectivity index is 0.000000256. The highest BCUT2D eigenvalue weighted by molar-refractivity contribution is 6.40. The summed E-state index contributed by atoms with van der Waals surface area (Å²) in [6, 6.07) is 20.5. The van der Waals surface area contributed by atoms with Crippen molar-refractivity contribution in [2.24, 2.45) is 11.8 Å². The minimum atomic E-state index is -1.06. The normalized spacial score (nSPS) is 18.0. The zero-order valence-electron chi connectivity index (χ0n) is 33.7. The number of hydrogen-bond acceptors (Lipinski definition) is 6. The van der Waals surface area contributed by atoms with E-state index in [9.17, 15) is 27.2 Å². The quantitative estimate of drug-likeness (QED) is 0.0741. The Morgan fingerprint density at radius 2 is 1.00 bits per heavy atom. The second-order valence-corrected chi connectivity index (χ2v) is 15.6. The highest BCUT2D eigenvalue weighted by Crippen LogP contribution is 2.38. The first-order valence-electron chi connectivity index (χ1n) is 20.0. The van der Waals surface area contributed by atoms with Gasteiger partial charge in [-0.3, -0.25) is 0 Å². The van der Waals surface area contributed by atoms with Gasteiger partial charge in [0.05, 0.1) is 16.5 Å². The molecule has 2 aliphatic rings. The van der Waals surface area contributed by atoms with Crippen LogP contribution in [0.2, 0.25) is 0 Å². The minimum absolute atomic E-state index is 0.194. The molecule has 7 nitrogen and oxygen atoms in total. The number of carboxylic acid groups (broad SMARTS) is 1. The van der Waals surface area contributed by atoms with Crippen molar-refractivity contribution in [1.29, 1.82) is 10.5 Å². The van der Waals surface area contributed by atoms with Crippen molar-refractivity contribution in [2.75, 3.05) is 5.34 Å². The predicted octanol–water partition coefficient (Wildman–Crippen LogP) is 13.6. The van der Waals surface area contributed by atoms with E-state index in [1.807, 2.05) is 24.3 Å². The maximum Gasteiger partial charge on any atom is 0.343 e. The van der Waals surface area contributed by atoms with E-state index < -0.39 is 52.1 Å². The molecule has 2 N–H and O–H groups in total. The molecule has 320 valence electrons. The Morgan fingerprint density at radius 1 is 0.650 bits per heavy atom. The Morgan fingerprint density at radius 3 is 1.33 bits per heavy atom. The molecule has 0 aromatic heterocycles. The number of ether oxygens (including phenoxy) is 1. The number of carboxylic acids is 1. The molecular formula is C47H50Cl2F4N2O5. The first-order valence-corrected chi connectivity index (χ1v) is 21.1. The second-order valence-electron chi connectivity index (χ2n) is 14.8. The molecule has 0 aliphatic heterocycles. The lowest BCUT2D eigenvalue weighted by atomic mass is 9.77. The number of halogens is 6. The molecule has 2 fully saturated rings. The molecule has 60 heavy (non-hydrogen) atoms. The van der Waals surface area contributed by atoms with E-state index in [0.717, 1.165) is 36.8 Å². The van der Waals surface area contributed by atoms with Crippen LogP contribution < -0.4 is 4.74 Å². The first-order chi connectivity index (χ1) is 28.8. The number of phenolic OH excluding ortho intramolecular Hbond substituents is 1. The fraction of sp³-hybridized carbons (Fsp3) is 0.404. The number of alkyl halides is 2. The number of phenols is 1. The summed E-state index contributed by atoms with van der Waals surface area (Å²) < 4.78 is 57.3. The summed E-state index contributed by atoms with van der Waals surface area (Å²) in [6.07, 6.45) is 15.2. The zero-order chi connectivity index (χ0) is 44.2. The molecule has 0 spiro atoms. The van der Waals surface area contributed by atoms with Crippen molar-refractivity contribution in [1.82, 2.24) is 0 Å². The van der Waals surface area contributed by atoms with Crippen LogP contribution >= 0.6 is 23.2 Å². The number of esters is 1. The fourth-order valence-corrected chi connectivity index (χ4v) is 7.72. The fourth-order valence-electron chi connectivity index (χ4n) is 7.72. The highest BCUT2D eigenvalue weighted by atomic mass is 35.5. The third-order valence-corrected chi connectivity index (χ3v) is 10.8. The van der Waals surface area contributed by atoms with Gasteiger partial charge < -0.3 is 14.9 Å². The Hall–Kier alpha value is -5.10. The summed E-state index contributed by atoms with van der Waals surface area (Å²) in [5.74, 6) is -3.63. The summed E-state index contributed by atoms with van der Waals surface area (Å²) in [6.45, 7) is 4.49. The SMILES string of the molecule is CCCC1CCC(c2ccc(C(=O)O)cc2)CC1.CCCC1CCC(c2ccc(C(=O)Oc3cc(F)c(C#N)c(F)c3)cc2)CC1.ClCCl.N#Cc1c(F)cc(O)cc1F. The number of nitrogens with zero attached hydrogens (tertiary/aromatic N) is 2. The van der Waals surface area contributed by atoms with Gasteiger partial charge in [-0.1, -0.05) is 63.8 Å². The van der Waals surface area contributed by atoms with Crippen LogP contribution in [-0.2, 0) is 0 Å². The number of hydrogen-bond donors (Lipinski definition) is 2. The average Bonchev–Trinajstić information content (AvgIpc) is 3.22. The van der Waals surface area contributed by atoms with Gasteiger partial charge in [0.25, 0.3) is 0 Å². The van der Waals surface area contributed by atoms with E-state index in [0.29, 0.717) is 35.1 Å². The molecule has 0 radical (unpaired) electrons. The van der Waals surface area contributed by atoms with Crippen LogP contribution in [0.5, 0.6) is 11.5 Å². The van der Waals surface area contributed by atoms with E-state index in [1.165, 1.54) is 87.5 Å². The maximum absolute atomic E-state index is 13.6. The molecule has 0 saturated heterocycles. The molecule has 2 saturated carbocycles. The lowest BCUT2D eigenvalue weighted by Crippen LogP contribution is -2.14. The lowest BCUT2D eigenvalue weighted by Gasteiger charge is -2.28. The maximum atomic E-state index is 13.6. The Bertz CT molecular complexity index is 2030. The molecule has 0 bridgehead atoms. The van der Waals surface area contributed by atoms with E-state index >= 15 is 0 Å². The average molecular weight is 870 g/mol. The van der Waals surface area contributed by atoms with Crippen molar-refractivity contribution in [3.8, 4) is 23.6 Å². The molecule has 4 aromatic carbocycles. The van der Waals surface area contributed by atoms with E-state index in [2.05, 4.69) is 13.8 Å². The molecule has 0 unspecified atom stereocenters. The van der Waals surface area contributed by atoms with Gasteiger partial charge in [-0.05, 0) is 110 Å². The standard InChI is InChI=1S/C23H23F2NO2.C16H22O2.C7H3F2NO.CH2Cl2/c1-2-3-15-4-6-16(7-5-15)17-8-10-18(11-9-17)23(27)28-19-12-21(24)20(14-26)22(25)13-19;1-2-3-12-4-6-13(7-5-12)14-8-10-15(11-9-14)16(17)18;8-6-1-4(11)2-7(9)5(6)3-10;2-1-3/h8-13,15-16H,2-7H2,1H3;8-13H,2-7H2,1H3,(H,17,18);1-2,11H;1H2. The van der Waals surface area contributed by atoms with Gasteiger partial charge in [0.2, 0.25) is 0 Å². The topological polar surface area (TPSA) is 131 Å². The van der Waals surface area contributed by atoms with Gasteiger partial charge in [-0.25, -0.2) is 27.2 Å². The number of carbonyl (C=O) groups excluding carboxylic acids is 1. The van der Waals surface area contributed by atoms with Crippen LogP contribution in [0.25, 0.3) is 0 Å². The number of aromatic hydroxyl groups is 1. The number of aromatic carboxylic acids is 1. The molecule has 4 aromatic rings. The van der Waals surface area contributed by atoms with Crippen LogP contribution in [0.15, 0.2) is 72.8 Å². The third kappa shape index (κ3) is 15.2. The number of nitriles is 2. The van der Waals surface area contributed by atoms with E-state index in [-0.39, 0.29) is 11.1 Å². The lowest BCUT2D eigenvalue weighted by molar-refractivity contribution is 0.0694. The zero-order valence-corrected chi connectivity index (χ0v) is 35.2. The van der Waals surface area contributed by atoms with Gasteiger partial charge in [0.15, 0.2) is 0 Å². The monoisotopic (exact) mass is 868 g/mol. The van der Waals surface area contributed by atoms with Crippen LogP contribution in [0, 0.1) is 57.8 Å². The van der Waals surface area contributed by atoms with Crippen molar-refractivity contribution in [2.45, 2.75) is 103 Å². The molecule has 13 heteroatoms. The largest absolute Gasteiger partial charge is 0.508 e. The Labute approximate surface area is 359 Å². The number of carbonyl (C=O) groups is 2. The Kier molecular flexibility index (Phi) is 20.9. The summed E-state index contributed by atoms with van der Waals surface area (Å²) in [4.78, 5) is 23.1.